The van der Waals surface area contributed by atoms with E-state index in [0.29, 0.717) is 5.25 Å². The number of fused-ring (bicyclic) bond motifs is 1. The van der Waals surface area contributed by atoms with Crippen LogP contribution >= 0.6 is 23.5 Å². The van der Waals surface area contributed by atoms with Gasteiger partial charge in [0.15, 0.2) is 0 Å². The number of aliphatic carboxylic acids is 1. The van der Waals surface area contributed by atoms with Crippen LogP contribution in [-0.2, 0) is 22.4 Å². The predicted octanol–water partition coefficient (Wildman–Crippen LogP) is 6.59. The Kier molecular flexibility index (Phi) is 10.6. The van der Waals surface area contributed by atoms with Gasteiger partial charge in [-0.15, -0.1) is 11.8 Å². The molecule has 2 atom stereocenters. The van der Waals surface area contributed by atoms with Gasteiger partial charge in [-0.1, -0.05) is 26.0 Å². The van der Waals surface area contributed by atoms with E-state index in [4.69, 9.17) is 9.47 Å². The molecule has 1 heterocycles. The molecule has 1 aliphatic heterocycles. The first-order valence-electron chi connectivity index (χ1n) is 12.4. The third-order valence-electron chi connectivity index (χ3n) is 7.01. The van der Waals surface area contributed by atoms with Crippen molar-refractivity contribution in [2.75, 3.05) is 24.7 Å². The van der Waals surface area contributed by atoms with Crippen LogP contribution in [0, 0.1) is 5.41 Å². The summed E-state index contributed by atoms with van der Waals surface area (Å²) in [5.74, 6) is 2.66. The molecule has 0 aromatic heterocycles. The van der Waals surface area contributed by atoms with Crippen LogP contribution in [0.25, 0.3) is 0 Å². The zero-order chi connectivity index (χ0) is 22.8. The molecule has 2 unspecified atom stereocenters. The van der Waals surface area contributed by atoms with Crippen molar-refractivity contribution in [1.82, 2.24) is 0 Å². The van der Waals surface area contributed by atoms with Crippen molar-refractivity contribution in [3.05, 3.63) is 29.3 Å². The molecule has 180 valence electrons. The summed E-state index contributed by atoms with van der Waals surface area (Å²) in [6, 6.07) is 6.53. The van der Waals surface area contributed by atoms with Crippen molar-refractivity contribution in [2.45, 2.75) is 88.7 Å². The van der Waals surface area contributed by atoms with Gasteiger partial charge >= 0.3 is 5.97 Å². The van der Waals surface area contributed by atoms with Crippen molar-refractivity contribution in [3.63, 3.8) is 0 Å². The Balaban J connectivity index is 1.27. The highest BCUT2D eigenvalue weighted by atomic mass is 32.2. The number of hydrogen-bond donors (Lipinski definition) is 1. The first-order chi connectivity index (χ1) is 15.6. The number of ether oxygens (including phenoxy) is 2. The number of thioether (sulfide) groups is 2. The lowest BCUT2D eigenvalue weighted by Crippen LogP contribution is -2.34. The number of hydrogen-bond acceptors (Lipinski definition) is 5. The topological polar surface area (TPSA) is 55.8 Å². The standard InChI is InChI=1S/C26H40O4S2/c1-3-26(4-2,17-24(27)28)25-30-18-21(32-25)19-31-16-9-5-8-15-29-23-14-10-12-20-11-6-7-13-22(20)23/h10,12,14,21,25H,3-9,11,13,15-19H2,1-2H3,(H,27,28). The highest BCUT2D eigenvalue weighted by Gasteiger charge is 2.43. The number of unbranched alkanes of at least 4 members (excludes halogenated alkanes) is 2. The second-order valence-corrected chi connectivity index (χ2v) is 11.7. The maximum absolute atomic E-state index is 11.4. The number of carboxylic acids is 1. The van der Waals surface area contributed by atoms with Crippen molar-refractivity contribution in [2.24, 2.45) is 5.41 Å². The number of aryl methyl sites for hydroxylation is 1. The molecule has 0 saturated carbocycles. The Bertz CT molecular complexity index is 720. The molecule has 0 bridgehead atoms. The molecule has 0 radical (unpaired) electrons. The summed E-state index contributed by atoms with van der Waals surface area (Å²) in [7, 11) is 0. The van der Waals surface area contributed by atoms with Gasteiger partial charge in [0.25, 0.3) is 0 Å². The SMILES string of the molecule is CCC(CC)(CC(=O)O)C1OCC(CSCCCCCOc2cccc3c2CCCC3)S1. The molecule has 0 spiro atoms. The van der Waals surface area contributed by atoms with E-state index in [1.54, 1.807) is 0 Å². The van der Waals surface area contributed by atoms with E-state index >= 15 is 0 Å². The van der Waals surface area contributed by atoms with Gasteiger partial charge in [0.2, 0.25) is 0 Å². The molecule has 4 nitrogen and oxygen atoms in total. The van der Waals surface area contributed by atoms with Gasteiger partial charge in [-0.25, -0.2) is 0 Å². The molecule has 1 saturated heterocycles. The first kappa shape index (κ1) is 25.8. The van der Waals surface area contributed by atoms with Crippen LogP contribution in [0.1, 0.15) is 76.3 Å². The van der Waals surface area contributed by atoms with Crippen molar-refractivity contribution < 1.29 is 19.4 Å². The minimum Gasteiger partial charge on any atom is -0.493 e. The van der Waals surface area contributed by atoms with E-state index in [2.05, 4.69) is 32.0 Å². The van der Waals surface area contributed by atoms with Gasteiger partial charge in [0.05, 0.1) is 19.6 Å². The molecule has 1 fully saturated rings. The van der Waals surface area contributed by atoms with Crippen LogP contribution in [-0.4, -0.2) is 46.5 Å². The van der Waals surface area contributed by atoms with Crippen LogP contribution < -0.4 is 4.74 Å². The maximum Gasteiger partial charge on any atom is 0.304 e. The normalized spacial score (nSPS) is 20.8. The molecular weight excluding hydrogens is 440 g/mol. The Morgan fingerprint density at radius 1 is 1.22 bits per heavy atom. The predicted molar refractivity (Wildman–Crippen MR) is 136 cm³/mol. The zero-order valence-corrected chi connectivity index (χ0v) is 21.4. The van der Waals surface area contributed by atoms with Gasteiger partial charge in [-0.3, -0.25) is 4.79 Å². The third kappa shape index (κ3) is 7.07. The summed E-state index contributed by atoms with van der Waals surface area (Å²) in [6.07, 6.45) is 10.4. The quantitative estimate of drug-likeness (QED) is 0.303. The molecule has 1 N–H and O–H groups in total. The van der Waals surface area contributed by atoms with Crippen LogP contribution in [0.4, 0.5) is 0 Å². The summed E-state index contributed by atoms with van der Waals surface area (Å²) in [5, 5.41) is 9.81. The number of carboxylic acid groups (broad SMARTS) is 1. The second-order valence-electron chi connectivity index (χ2n) is 9.15. The molecule has 32 heavy (non-hydrogen) atoms. The van der Waals surface area contributed by atoms with Crippen LogP contribution in [0.3, 0.4) is 0 Å². The van der Waals surface area contributed by atoms with Gasteiger partial charge in [-0.2, -0.15) is 11.8 Å². The molecule has 2 aliphatic rings. The smallest absolute Gasteiger partial charge is 0.304 e. The van der Waals surface area contributed by atoms with E-state index in [1.807, 2.05) is 23.5 Å². The summed E-state index contributed by atoms with van der Waals surface area (Å²) in [6.45, 7) is 5.75. The molecule has 6 heteroatoms. The summed E-state index contributed by atoms with van der Waals surface area (Å²) >= 11 is 3.87. The minimum absolute atomic E-state index is 0.0140. The van der Waals surface area contributed by atoms with Crippen LogP contribution in [0.5, 0.6) is 5.75 Å². The molecule has 0 amide bonds. The first-order valence-corrected chi connectivity index (χ1v) is 14.5. The van der Waals surface area contributed by atoms with E-state index in [-0.39, 0.29) is 17.3 Å². The fourth-order valence-corrected chi connectivity index (χ4v) is 7.74. The molecule has 1 aliphatic carbocycles. The Hall–Kier alpha value is -0.850. The minimum atomic E-state index is -0.716. The summed E-state index contributed by atoms with van der Waals surface area (Å²) < 4.78 is 12.2. The van der Waals surface area contributed by atoms with E-state index in [0.717, 1.165) is 44.0 Å². The van der Waals surface area contributed by atoms with Crippen molar-refractivity contribution in [3.8, 4) is 5.75 Å². The summed E-state index contributed by atoms with van der Waals surface area (Å²) in [4.78, 5) is 11.4. The molecule has 1 aromatic rings. The van der Waals surface area contributed by atoms with Gasteiger partial charge in [0.1, 0.15) is 11.2 Å². The second kappa shape index (κ2) is 13.1. The van der Waals surface area contributed by atoms with Gasteiger partial charge in [0, 0.05) is 16.4 Å². The monoisotopic (exact) mass is 480 g/mol. The van der Waals surface area contributed by atoms with Crippen LogP contribution in [0.15, 0.2) is 18.2 Å². The summed E-state index contributed by atoms with van der Waals surface area (Å²) in [5.41, 5.74) is 2.70. The number of carbonyl (C=O) groups is 1. The highest BCUT2D eigenvalue weighted by Crippen LogP contribution is 2.47. The van der Waals surface area contributed by atoms with E-state index < -0.39 is 5.97 Å². The number of rotatable bonds is 14. The van der Waals surface area contributed by atoms with Gasteiger partial charge < -0.3 is 14.6 Å². The van der Waals surface area contributed by atoms with Crippen LogP contribution in [0.2, 0.25) is 0 Å². The Labute approximate surface area is 202 Å². The average Bonchev–Trinajstić information content (AvgIpc) is 3.28. The van der Waals surface area contributed by atoms with Gasteiger partial charge in [-0.05, 0) is 80.7 Å². The van der Waals surface area contributed by atoms with E-state index in [1.165, 1.54) is 55.4 Å². The third-order valence-corrected chi connectivity index (χ3v) is 10.0. The number of benzene rings is 1. The molecule has 1 aromatic carbocycles. The lowest BCUT2D eigenvalue weighted by atomic mass is 9.80. The molecular formula is C26H40O4S2. The average molecular weight is 481 g/mol. The van der Waals surface area contributed by atoms with Crippen molar-refractivity contribution >= 4 is 29.5 Å². The maximum atomic E-state index is 11.4. The lowest BCUT2D eigenvalue weighted by molar-refractivity contribution is -0.141. The zero-order valence-electron chi connectivity index (χ0n) is 19.8. The Morgan fingerprint density at radius 3 is 2.81 bits per heavy atom. The lowest BCUT2D eigenvalue weighted by Gasteiger charge is -2.35. The van der Waals surface area contributed by atoms with Crippen molar-refractivity contribution in [1.29, 1.82) is 0 Å². The molecule has 3 rings (SSSR count). The largest absolute Gasteiger partial charge is 0.493 e. The van der Waals surface area contributed by atoms with E-state index in [9.17, 15) is 9.90 Å². The Morgan fingerprint density at radius 2 is 2.03 bits per heavy atom. The highest BCUT2D eigenvalue weighted by molar-refractivity contribution is 8.03. The fraction of sp³-hybridized carbons (Fsp3) is 0.731. The fourth-order valence-electron chi connectivity index (χ4n) is 4.84.